The van der Waals surface area contributed by atoms with Crippen LogP contribution in [0.5, 0.6) is 0 Å². The summed E-state index contributed by atoms with van der Waals surface area (Å²) in [5.41, 5.74) is 0.439. The van der Waals surface area contributed by atoms with Crippen LogP contribution in [-0.4, -0.2) is 24.4 Å². The maximum absolute atomic E-state index is 10.7. The van der Waals surface area contributed by atoms with Crippen molar-refractivity contribution in [2.75, 3.05) is 13.3 Å². The molecule has 12 heavy (non-hydrogen) atoms. The highest BCUT2D eigenvalue weighted by Gasteiger charge is 2.10. The molecule has 0 spiro atoms. The third-order valence-electron chi connectivity index (χ3n) is 1.62. The molecule has 0 bridgehead atoms. The van der Waals surface area contributed by atoms with E-state index in [4.69, 9.17) is 5.11 Å². The zero-order valence-electron chi connectivity index (χ0n) is 7.11. The largest absolute Gasteiger partial charge is 0.478 e. The zero-order chi connectivity index (χ0) is 9.14. The molecule has 0 aromatic heterocycles. The molecule has 0 amide bonds. The highest BCUT2D eigenvalue weighted by atomic mass is 31.1. The first-order valence-electron chi connectivity index (χ1n) is 3.62. The number of benzene rings is 1. The van der Waals surface area contributed by atoms with Gasteiger partial charge in [-0.1, -0.05) is 26.1 Å². The normalized spacial score (nSPS) is 10.2. The SMILES string of the molecule is CP(C)c1ccccc1C(=O)O. The molecular weight excluding hydrogens is 171 g/mol. The number of carboxylic acids is 1. The number of carboxylic acid groups (broad SMARTS) is 1. The van der Waals surface area contributed by atoms with Crippen LogP contribution in [0.2, 0.25) is 0 Å². The van der Waals surface area contributed by atoms with E-state index in [0.29, 0.717) is 5.56 Å². The average Bonchev–Trinajstić information content (AvgIpc) is 2.04. The van der Waals surface area contributed by atoms with Gasteiger partial charge in [0.05, 0.1) is 5.56 Å². The lowest BCUT2D eigenvalue weighted by Gasteiger charge is -2.08. The maximum Gasteiger partial charge on any atom is 0.336 e. The van der Waals surface area contributed by atoms with Gasteiger partial charge in [-0.2, -0.15) is 0 Å². The van der Waals surface area contributed by atoms with Crippen LogP contribution in [0.15, 0.2) is 24.3 Å². The summed E-state index contributed by atoms with van der Waals surface area (Å²) in [4.78, 5) is 10.7. The van der Waals surface area contributed by atoms with Crippen LogP contribution < -0.4 is 5.30 Å². The van der Waals surface area contributed by atoms with E-state index in [0.717, 1.165) is 5.30 Å². The molecule has 1 N–H and O–H groups in total. The first kappa shape index (κ1) is 9.21. The molecule has 0 atom stereocenters. The molecule has 64 valence electrons. The van der Waals surface area contributed by atoms with Gasteiger partial charge >= 0.3 is 5.97 Å². The Morgan fingerprint density at radius 2 is 1.92 bits per heavy atom. The van der Waals surface area contributed by atoms with E-state index in [-0.39, 0.29) is 7.92 Å². The summed E-state index contributed by atoms with van der Waals surface area (Å²) >= 11 is 0. The molecule has 0 radical (unpaired) electrons. The summed E-state index contributed by atoms with van der Waals surface area (Å²) in [6.45, 7) is 4.11. The number of hydrogen-bond acceptors (Lipinski definition) is 1. The second kappa shape index (κ2) is 3.68. The summed E-state index contributed by atoms with van der Waals surface area (Å²) in [5.74, 6) is -0.832. The molecule has 0 unspecified atom stereocenters. The van der Waals surface area contributed by atoms with Gasteiger partial charge in [0, 0.05) is 0 Å². The van der Waals surface area contributed by atoms with Crippen molar-refractivity contribution in [1.82, 2.24) is 0 Å². The zero-order valence-corrected chi connectivity index (χ0v) is 8.01. The Balaban J connectivity index is 3.17. The topological polar surface area (TPSA) is 37.3 Å². The monoisotopic (exact) mass is 182 g/mol. The van der Waals surface area contributed by atoms with Crippen LogP contribution >= 0.6 is 7.92 Å². The Bertz CT molecular complexity index is 294. The van der Waals surface area contributed by atoms with Gasteiger partial charge in [-0.05, 0) is 24.7 Å². The van der Waals surface area contributed by atoms with Gasteiger partial charge in [0.15, 0.2) is 0 Å². The number of hydrogen-bond donors (Lipinski definition) is 1. The predicted molar refractivity (Wildman–Crippen MR) is 51.8 cm³/mol. The summed E-state index contributed by atoms with van der Waals surface area (Å²) in [5, 5.41) is 9.78. The molecule has 0 fully saturated rings. The molecule has 1 aromatic carbocycles. The standard InChI is InChI=1S/C9H11O2P/c1-12(2)8-6-4-3-5-7(8)9(10)11/h3-6H,1-2H3,(H,10,11). The minimum absolute atomic E-state index is 0.330. The van der Waals surface area contributed by atoms with E-state index >= 15 is 0 Å². The third-order valence-corrected chi connectivity index (χ3v) is 2.97. The van der Waals surface area contributed by atoms with Crippen molar-refractivity contribution in [2.24, 2.45) is 0 Å². The Hall–Kier alpha value is -0.880. The molecule has 0 aliphatic rings. The number of aromatic carboxylic acids is 1. The molecule has 1 aromatic rings. The second-order valence-corrected chi connectivity index (χ2v) is 4.99. The van der Waals surface area contributed by atoms with Crippen LogP contribution in [0.4, 0.5) is 0 Å². The highest BCUT2D eigenvalue weighted by Crippen LogP contribution is 2.25. The van der Waals surface area contributed by atoms with Crippen molar-refractivity contribution >= 4 is 19.2 Å². The molecule has 0 heterocycles. The molecule has 1 rings (SSSR count). The van der Waals surface area contributed by atoms with Gasteiger partial charge in [0.25, 0.3) is 0 Å². The van der Waals surface area contributed by atoms with Crippen molar-refractivity contribution in [1.29, 1.82) is 0 Å². The lowest BCUT2D eigenvalue weighted by Crippen LogP contribution is -2.12. The van der Waals surface area contributed by atoms with Crippen molar-refractivity contribution in [3.05, 3.63) is 29.8 Å². The van der Waals surface area contributed by atoms with Crippen molar-refractivity contribution < 1.29 is 9.90 Å². The van der Waals surface area contributed by atoms with Crippen molar-refractivity contribution in [3.8, 4) is 0 Å². The third kappa shape index (κ3) is 1.83. The molecule has 0 aliphatic heterocycles. The Morgan fingerprint density at radius 1 is 1.33 bits per heavy atom. The summed E-state index contributed by atoms with van der Waals surface area (Å²) in [6.07, 6.45) is 0. The Morgan fingerprint density at radius 3 is 2.33 bits per heavy atom. The van der Waals surface area contributed by atoms with Crippen LogP contribution in [0, 0.1) is 0 Å². The Kier molecular flexibility index (Phi) is 2.83. The first-order chi connectivity index (χ1) is 5.63. The quantitative estimate of drug-likeness (QED) is 0.707. The molecular formula is C9H11O2P. The first-order valence-corrected chi connectivity index (χ1v) is 5.86. The van der Waals surface area contributed by atoms with Crippen LogP contribution in [0.1, 0.15) is 10.4 Å². The lowest BCUT2D eigenvalue weighted by molar-refractivity contribution is 0.0698. The predicted octanol–water partition coefficient (Wildman–Crippen LogP) is 1.75. The molecule has 0 saturated carbocycles. The highest BCUT2D eigenvalue weighted by molar-refractivity contribution is 7.64. The van der Waals surface area contributed by atoms with E-state index in [9.17, 15) is 4.79 Å². The maximum atomic E-state index is 10.7. The molecule has 0 aliphatic carbocycles. The summed E-state index contributed by atoms with van der Waals surface area (Å²) in [6, 6.07) is 7.17. The van der Waals surface area contributed by atoms with Gasteiger partial charge in [-0.15, -0.1) is 0 Å². The fourth-order valence-corrected chi connectivity index (χ4v) is 2.08. The van der Waals surface area contributed by atoms with E-state index in [1.807, 2.05) is 12.1 Å². The van der Waals surface area contributed by atoms with Gasteiger partial charge in [0.1, 0.15) is 0 Å². The molecule has 0 saturated heterocycles. The minimum atomic E-state index is -0.832. The van der Waals surface area contributed by atoms with Gasteiger partial charge in [0.2, 0.25) is 0 Å². The lowest BCUT2D eigenvalue weighted by atomic mass is 10.2. The van der Waals surface area contributed by atoms with E-state index in [2.05, 4.69) is 13.3 Å². The van der Waals surface area contributed by atoms with E-state index < -0.39 is 5.97 Å². The van der Waals surface area contributed by atoms with E-state index in [1.165, 1.54) is 0 Å². The molecule has 2 nitrogen and oxygen atoms in total. The fourth-order valence-electron chi connectivity index (χ4n) is 1.04. The van der Waals surface area contributed by atoms with Crippen molar-refractivity contribution in [3.63, 3.8) is 0 Å². The van der Waals surface area contributed by atoms with Crippen LogP contribution in [-0.2, 0) is 0 Å². The van der Waals surface area contributed by atoms with Gasteiger partial charge < -0.3 is 5.11 Å². The van der Waals surface area contributed by atoms with Gasteiger partial charge in [-0.3, -0.25) is 0 Å². The molecule has 3 heteroatoms. The van der Waals surface area contributed by atoms with E-state index in [1.54, 1.807) is 12.1 Å². The van der Waals surface area contributed by atoms with Crippen LogP contribution in [0.25, 0.3) is 0 Å². The Labute approximate surface area is 73.0 Å². The fraction of sp³-hybridized carbons (Fsp3) is 0.222. The second-order valence-electron chi connectivity index (χ2n) is 2.72. The van der Waals surface area contributed by atoms with Crippen molar-refractivity contribution in [2.45, 2.75) is 0 Å². The summed E-state index contributed by atoms with van der Waals surface area (Å²) in [7, 11) is -0.330. The number of rotatable bonds is 2. The van der Waals surface area contributed by atoms with Crippen LogP contribution in [0.3, 0.4) is 0 Å². The minimum Gasteiger partial charge on any atom is -0.478 e. The number of carbonyl (C=O) groups is 1. The smallest absolute Gasteiger partial charge is 0.336 e. The summed E-state index contributed by atoms with van der Waals surface area (Å²) < 4.78 is 0. The average molecular weight is 182 g/mol. The van der Waals surface area contributed by atoms with Gasteiger partial charge in [-0.25, -0.2) is 4.79 Å².